The van der Waals surface area contributed by atoms with Gasteiger partial charge in [-0.1, -0.05) is 37.1 Å². The summed E-state index contributed by atoms with van der Waals surface area (Å²) < 4.78 is 4.97. The van der Waals surface area contributed by atoms with Crippen molar-refractivity contribution in [1.82, 2.24) is 0 Å². The maximum Gasteiger partial charge on any atom is 0.305 e. The highest BCUT2D eigenvalue weighted by atomic mass is 16.5. The van der Waals surface area contributed by atoms with E-state index in [9.17, 15) is 4.79 Å². The molecule has 0 amide bonds. The van der Waals surface area contributed by atoms with Crippen molar-refractivity contribution in [3.05, 3.63) is 23.3 Å². The van der Waals surface area contributed by atoms with Crippen LogP contribution in [0.25, 0.3) is 0 Å². The van der Waals surface area contributed by atoms with Gasteiger partial charge in [-0.2, -0.15) is 0 Å². The number of hydrogen-bond donors (Lipinski definition) is 0. The van der Waals surface area contributed by atoms with Crippen LogP contribution in [0.1, 0.15) is 47.0 Å². The quantitative estimate of drug-likeness (QED) is 0.380. The van der Waals surface area contributed by atoms with E-state index in [0.29, 0.717) is 13.0 Å². The molecule has 86 valence electrons. The zero-order valence-corrected chi connectivity index (χ0v) is 10.3. The van der Waals surface area contributed by atoms with Crippen molar-refractivity contribution >= 4 is 5.97 Å². The van der Waals surface area contributed by atoms with Crippen molar-refractivity contribution in [3.8, 4) is 0 Å². The fourth-order valence-corrected chi connectivity index (χ4v) is 1.11. The minimum Gasteiger partial charge on any atom is -0.465 e. The standard InChI is InChI=1S/C13H22O2/c1-5-11(3)10-12(4)8-7-9-15-13(14)6-2/h8,10H,5-7,9H2,1-4H3/b11-10+,12-8+. The normalized spacial score (nSPS) is 12.8. The summed E-state index contributed by atoms with van der Waals surface area (Å²) in [6.45, 7) is 8.62. The SMILES string of the molecule is CCC(=O)OCC/C=C(C)/C=C(\C)CC. The third kappa shape index (κ3) is 7.98. The van der Waals surface area contributed by atoms with Crippen molar-refractivity contribution < 1.29 is 9.53 Å². The largest absolute Gasteiger partial charge is 0.465 e. The molecule has 2 heteroatoms. The second-order valence-corrected chi connectivity index (χ2v) is 3.66. The first-order valence-electron chi connectivity index (χ1n) is 5.59. The molecule has 0 aromatic rings. The van der Waals surface area contributed by atoms with Crippen LogP contribution < -0.4 is 0 Å². The molecule has 0 aliphatic rings. The lowest BCUT2D eigenvalue weighted by atomic mass is 10.1. The molecule has 0 N–H and O–H groups in total. The molecule has 0 unspecified atom stereocenters. The Kier molecular flexibility index (Phi) is 7.69. The Hall–Kier alpha value is -1.05. The highest BCUT2D eigenvalue weighted by molar-refractivity contribution is 5.68. The van der Waals surface area contributed by atoms with Gasteiger partial charge in [-0.25, -0.2) is 0 Å². The molecular formula is C13H22O2. The molecule has 0 aromatic heterocycles. The number of carbonyl (C=O) groups is 1. The summed E-state index contributed by atoms with van der Waals surface area (Å²) in [6, 6.07) is 0. The number of carbonyl (C=O) groups excluding carboxylic acids is 1. The molecule has 0 aliphatic carbocycles. The first kappa shape index (κ1) is 13.9. The average Bonchev–Trinajstić information content (AvgIpc) is 2.23. The molecule has 0 spiro atoms. The Morgan fingerprint density at radius 2 is 1.87 bits per heavy atom. The molecule has 0 saturated carbocycles. The van der Waals surface area contributed by atoms with E-state index in [1.165, 1.54) is 11.1 Å². The molecule has 0 fully saturated rings. The second-order valence-electron chi connectivity index (χ2n) is 3.66. The van der Waals surface area contributed by atoms with Crippen molar-refractivity contribution in [2.24, 2.45) is 0 Å². The van der Waals surface area contributed by atoms with E-state index < -0.39 is 0 Å². The van der Waals surface area contributed by atoms with Gasteiger partial charge in [0, 0.05) is 12.8 Å². The summed E-state index contributed by atoms with van der Waals surface area (Å²) >= 11 is 0. The predicted molar refractivity (Wildman–Crippen MR) is 63.7 cm³/mol. The van der Waals surface area contributed by atoms with Crippen LogP contribution in [0.2, 0.25) is 0 Å². The molecule has 0 aromatic carbocycles. The predicted octanol–water partition coefficient (Wildman–Crippen LogP) is 3.63. The fraction of sp³-hybridized carbons (Fsp3) is 0.615. The Bertz CT molecular complexity index is 249. The Labute approximate surface area is 93.0 Å². The summed E-state index contributed by atoms with van der Waals surface area (Å²) in [4.78, 5) is 10.8. The summed E-state index contributed by atoms with van der Waals surface area (Å²) in [5.74, 6) is -0.124. The van der Waals surface area contributed by atoms with Crippen LogP contribution in [-0.2, 0) is 9.53 Å². The van der Waals surface area contributed by atoms with E-state index in [4.69, 9.17) is 4.74 Å². The maximum atomic E-state index is 10.8. The number of esters is 1. The minimum absolute atomic E-state index is 0.124. The van der Waals surface area contributed by atoms with Crippen molar-refractivity contribution in [2.75, 3.05) is 6.61 Å². The van der Waals surface area contributed by atoms with Crippen LogP contribution in [0.3, 0.4) is 0 Å². The molecule has 0 aliphatic heterocycles. The van der Waals surface area contributed by atoms with Gasteiger partial charge in [0.05, 0.1) is 6.61 Å². The lowest BCUT2D eigenvalue weighted by molar-refractivity contribution is -0.143. The van der Waals surface area contributed by atoms with Crippen LogP contribution in [0.5, 0.6) is 0 Å². The lowest BCUT2D eigenvalue weighted by Gasteiger charge is -2.01. The van der Waals surface area contributed by atoms with E-state index in [1.54, 1.807) is 6.92 Å². The Balaban J connectivity index is 3.82. The summed E-state index contributed by atoms with van der Waals surface area (Å²) in [5.41, 5.74) is 2.61. The minimum atomic E-state index is -0.124. The number of rotatable bonds is 6. The third-order valence-corrected chi connectivity index (χ3v) is 2.17. The van der Waals surface area contributed by atoms with Crippen molar-refractivity contribution in [3.63, 3.8) is 0 Å². The van der Waals surface area contributed by atoms with Gasteiger partial charge in [-0.3, -0.25) is 4.79 Å². The van der Waals surface area contributed by atoms with Gasteiger partial charge >= 0.3 is 5.97 Å². The lowest BCUT2D eigenvalue weighted by Crippen LogP contribution is -2.02. The van der Waals surface area contributed by atoms with E-state index in [2.05, 4.69) is 32.9 Å². The van der Waals surface area contributed by atoms with Crippen molar-refractivity contribution in [1.29, 1.82) is 0 Å². The molecule has 15 heavy (non-hydrogen) atoms. The van der Waals surface area contributed by atoms with Crippen LogP contribution in [0.4, 0.5) is 0 Å². The Morgan fingerprint density at radius 1 is 1.20 bits per heavy atom. The molecule has 0 rings (SSSR count). The second kappa shape index (κ2) is 8.27. The third-order valence-electron chi connectivity index (χ3n) is 2.17. The van der Waals surface area contributed by atoms with Gasteiger partial charge < -0.3 is 4.74 Å². The van der Waals surface area contributed by atoms with Crippen LogP contribution in [0.15, 0.2) is 23.3 Å². The van der Waals surface area contributed by atoms with Gasteiger partial charge in [0.1, 0.15) is 0 Å². The fourth-order valence-electron chi connectivity index (χ4n) is 1.11. The molecule has 2 nitrogen and oxygen atoms in total. The molecule has 0 radical (unpaired) electrons. The monoisotopic (exact) mass is 210 g/mol. The van der Waals surface area contributed by atoms with Crippen molar-refractivity contribution in [2.45, 2.75) is 47.0 Å². The van der Waals surface area contributed by atoms with E-state index in [-0.39, 0.29) is 5.97 Å². The number of ether oxygens (including phenoxy) is 1. The zero-order chi connectivity index (χ0) is 11.7. The Morgan fingerprint density at radius 3 is 2.40 bits per heavy atom. The van der Waals surface area contributed by atoms with Gasteiger partial charge in [-0.15, -0.1) is 0 Å². The van der Waals surface area contributed by atoms with Crippen LogP contribution in [0, 0.1) is 0 Å². The topological polar surface area (TPSA) is 26.3 Å². The first-order valence-corrected chi connectivity index (χ1v) is 5.59. The molecule has 0 heterocycles. The summed E-state index contributed by atoms with van der Waals surface area (Å²) in [5, 5.41) is 0. The van der Waals surface area contributed by atoms with Gasteiger partial charge in [0.15, 0.2) is 0 Å². The first-order chi connectivity index (χ1) is 7.10. The molecule has 0 bridgehead atoms. The molecular weight excluding hydrogens is 188 g/mol. The number of hydrogen-bond acceptors (Lipinski definition) is 2. The molecule has 0 saturated heterocycles. The van der Waals surface area contributed by atoms with E-state index in [0.717, 1.165) is 12.8 Å². The van der Waals surface area contributed by atoms with Crippen LogP contribution in [-0.4, -0.2) is 12.6 Å². The maximum absolute atomic E-state index is 10.8. The highest BCUT2D eigenvalue weighted by Gasteiger charge is 1.95. The van der Waals surface area contributed by atoms with E-state index in [1.807, 2.05) is 0 Å². The van der Waals surface area contributed by atoms with Crippen LogP contribution >= 0.6 is 0 Å². The van der Waals surface area contributed by atoms with Gasteiger partial charge in [-0.05, 0) is 20.3 Å². The summed E-state index contributed by atoms with van der Waals surface area (Å²) in [7, 11) is 0. The zero-order valence-electron chi connectivity index (χ0n) is 10.3. The van der Waals surface area contributed by atoms with E-state index >= 15 is 0 Å². The average molecular weight is 210 g/mol. The number of allylic oxidation sites excluding steroid dienone is 3. The summed E-state index contributed by atoms with van der Waals surface area (Å²) in [6.07, 6.45) is 6.60. The molecule has 0 atom stereocenters. The highest BCUT2D eigenvalue weighted by Crippen LogP contribution is 2.05. The van der Waals surface area contributed by atoms with Gasteiger partial charge in [0.2, 0.25) is 0 Å². The smallest absolute Gasteiger partial charge is 0.305 e. The van der Waals surface area contributed by atoms with Gasteiger partial charge in [0.25, 0.3) is 0 Å².